The maximum atomic E-state index is 12.5. The molecule has 1 N–H and O–H groups in total. The monoisotopic (exact) mass is 224 g/mol. The summed E-state index contributed by atoms with van der Waals surface area (Å²) in [5, 5.41) is 3.41. The van der Waals surface area contributed by atoms with Crippen LogP contribution in [-0.2, 0) is 4.79 Å². The molecule has 2 saturated heterocycles. The van der Waals surface area contributed by atoms with Gasteiger partial charge in [-0.1, -0.05) is 6.92 Å². The van der Waals surface area contributed by atoms with Gasteiger partial charge in [0.2, 0.25) is 5.91 Å². The fourth-order valence-electron chi connectivity index (χ4n) is 3.20. The molecule has 3 heteroatoms. The second kappa shape index (κ2) is 4.74. The third kappa shape index (κ3) is 2.24. The molecule has 0 spiro atoms. The summed E-state index contributed by atoms with van der Waals surface area (Å²) in [7, 11) is 0. The molecule has 2 rings (SSSR count). The van der Waals surface area contributed by atoms with E-state index in [4.69, 9.17) is 0 Å². The number of piperidine rings is 1. The van der Waals surface area contributed by atoms with Crippen molar-refractivity contribution in [3.8, 4) is 0 Å². The van der Waals surface area contributed by atoms with Gasteiger partial charge in [-0.05, 0) is 45.6 Å². The second-order valence-corrected chi connectivity index (χ2v) is 5.67. The Hall–Kier alpha value is -0.570. The molecule has 2 aliphatic rings. The molecule has 0 aromatic carbocycles. The standard InChI is InChI=1S/C13H24N2O/c1-9-7-10(2)15(8-9)13(16)12-5-4-6-14-11(12)3/h9-12,14H,4-8H2,1-3H3. The minimum absolute atomic E-state index is 0.210. The molecule has 0 aromatic heterocycles. The topological polar surface area (TPSA) is 32.3 Å². The predicted octanol–water partition coefficient (Wildman–Crippen LogP) is 1.63. The minimum atomic E-state index is 0.210. The fourth-order valence-corrected chi connectivity index (χ4v) is 3.20. The minimum Gasteiger partial charge on any atom is -0.339 e. The van der Waals surface area contributed by atoms with Gasteiger partial charge in [-0.2, -0.15) is 0 Å². The molecule has 0 bridgehead atoms. The van der Waals surface area contributed by atoms with E-state index in [1.54, 1.807) is 0 Å². The summed E-state index contributed by atoms with van der Waals surface area (Å²) in [6.07, 6.45) is 3.36. The Bertz CT molecular complexity index is 259. The third-order valence-electron chi connectivity index (χ3n) is 4.15. The van der Waals surface area contributed by atoms with Crippen molar-refractivity contribution in [3.63, 3.8) is 0 Å². The summed E-state index contributed by atoms with van der Waals surface area (Å²) < 4.78 is 0. The van der Waals surface area contributed by atoms with Crippen molar-refractivity contribution in [2.75, 3.05) is 13.1 Å². The van der Waals surface area contributed by atoms with E-state index in [1.165, 1.54) is 6.42 Å². The maximum absolute atomic E-state index is 12.5. The number of carbonyl (C=O) groups excluding carboxylic acids is 1. The van der Waals surface area contributed by atoms with E-state index in [1.807, 2.05) is 0 Å². The molecule has 0 aromatic rings. The number of nitrogens with zero attached hydrogens (tertiary/aromatic N) is 1. The first kappa shape index (κ1) is 11.9. The first-order chi connectivity index (χ1) is 7.59. The molecule has 4 unspecified atom stereocenters. The molecule has 16 heavy (non-hydrogen) atoms. The average molecular weight is 224 g/mol. The van der Waals surface area contributed by atoms with Gasteiger partial charge in [0, 0.05) is 18.6 Å². The highest BCUT2D eigenvalue weighted by atomic mass is 16.2. The summed E-state index contributed by atoms with van der Waals surface area (Å²) in [6, 6.07) is 0.793. The van der Waals surface area contributed by atoms with Crippen LogP contribution in [0.25, 0.3) is 0 Å². The number of carbonyl (C=O) groups is 1. The van der Waals surface area contributed by atoms with Crippen LogP contribution in [0.5, 0.6) is 0 Å². The Kier molecular flexibility index (Phi) is 3.53. The van der Waals surface area contributed by atoms with Gasteiger partial charge in [0.1, 0.15) is 0 Å². The van der Waals surface area contributed by atoms with E-state index in [0.29, 0.717) is 23.9 Å². The van der Waals surface area contributed by atoms with Crippen molar-refractivity contribution in [3.05, 3.63) is 0 Å². The number of amides is 1. The largest absolute Gasteiger partial charge is 0.339 e. The average Bonchev–Trinajstić information content (AvgIpc) is 2.58. The van der Waals surface area contributed by atoms with Gasteiger partial charge in [-0.3, -0.25) is 4.79 Å². The summed E-state index contributed by atoms with van der Waals surface area (Å²) in [5.74, 6) is 1.27. The number of hydrogen-bond acceptors (Lipinski definition) is 2. The maximum Gasteiger partial charge on any atom is 0.227 e. The molecular weight excluding hydrogens is 200 g/mol. The number of likely N-dealkylation sites (tertiary alicyclic amines) is 1. The normalized spacial score (nSPS) is 40.1. The highest BCUT2D eigenvalue weighted by molar-refractivity contribution is 5.80. The van der Waals surface area contributed by atoms with Crippen molar-refractivity contribution in [2.45, 2.75) is 52.1 Å². The Morgan fingerprint density at radius 3 is 2.62 bits per heavy atom. The van der Waals surface area contributed by atoms with Gasteiger partial charge in [0.25, 0.3) is 0 Å². The van der Waals surface area contributed by atoms with Crippen LogP contribution in [-0.4, -0.2) is 36.0 Å². The first-order valence-corrected chi connectivity index (χ1v) is 6.63. The first-order valence-electron chi connectivity index (χ1n) is 6.63. The molecule has 4 atom stereocenters. The van der Waals surface area contributed by atoms with Crippen molar-refractivity contribution in [1.29, 1.82) is 0 Å². The van der Waals surface area contributed by atoms with Gasteiger partial charge >= 0.3 is 0 Å². The van der Waals surface area contributed by atoms with Crippen molar-refractivity contribution < 1.29 is 4.79 Å². The van der Waals surface area contributed by atoms with Crippen LogP contribution in [0.2, 0.25) is 0 Å². The highest BCUT2D eigenvalue weighted by Gasteiger charge is 2.36. The van der Waals surface area contributed by atoms with Crippen LogP contribution < -0.4 is 5.32 Å². The van der Waals surface area contributed by atoms with Gasteiger partial charge in [0.05, 0.1) is 5.92 Å². The zero-order chi connectivity index (χ0) is 11.7. The zero-order valence-electron chi connectivity index (χ0n) is 10.7. The van der Waals surface area contributed by atoms with E-state index in [2.05, 4.69) is 31.0 Å². The fraction of sp³-hybridized carbons (Fsp3) is 0.923. The van der Waals surface area contributed by atoms with Crippen LogP contribution >= 0.6 is 0 Å². The lowest BCUT2D eigenvalue weighted by Gasteiger charge is -2.33. The highest BCUT2D eigenvalue weighted by Crippen LogP contribution is 2.27. The summed E-state index contributed by atoms with van der Waals surface area (Å²) in [6.45, 7) is 8.60. The Morgan fingerprint density at radius 2 is 2.06 bits per heavy atom. The summed E-state index contributed by atoms with van der Waals surface area (Å²) in [4.78, 5) is 14.6. The van der Waals surface area contributed by atoms with Crippen LogP contribution in [0.3, 0.4) is 0 Å². The SMILES string of the molecule is CC1CC(C)N(C(=O)C2CCCNC2C)C1. The molecule has 2 aliphatic heterocycles. The number of hydrogen-bond donors (Lipinski definition) is 1. The van der Waals surface area contributed by atoms with Gasteiger partial charge in [-0.25, -0.2) is 0 Å². The van der Waals surface area contributed by atoms with Crippen LogP contribution in [0.4, 0.5) is 0 Å². The van der Waals surface area contributed by atoms with Gasteiger partial charge in [-0.15, -0.1) is 0 Å². The Balaban J connectivity index is 2.01. The van der Waals surface area contributed by atoms with Crippen molar-refractivity contribution in [2.24, 2.45) is 11.8 Å². The number of nitrogens with one attached hydrogen (secondary N) is 1. The van der Waals surface area contributed by atoms with Crippen LogP contribution in [0, 0.1) is 11.8 Å². The molecule has 0 radical (unpaired) electrons. The summed E-state index contributed by atoms with van der Waals surface area (Å²) in [5.41, 5.74) is 0. The van der Waals surface area contributed by atoms with Gasteiger partial charge in [0.15, 0.2) is 0 Å². The van der Waals surface area contributed by atoms with E-state index in [9.17, 15) is 4.79 Å². The van der Waals surface area contributed by atoms with E-state index in [0.717, 1.165) is 25.9 Å². The quantitative estimate of drug-likeness (QED) is 0.734. The van der Waals surface area contributed by atoms with Crippen LogP contribution in [0.1, 0.15) is 40.0 Å². The molecule has 2 heterocycles. The summed E-state index contributed by atoms with van der Waals surface area (Å²) >= 11 is 0. The van der Waals surface area contributed by atoms with Crippen LogP contribution in [0.15, 0.2) is 0 Å². The lowest BCUT2D eigenvalue weighted by Crippen LogP contribution is -2.49. The lowest BCUT2D eigenvalue weighted by molar-refractivity contribution is -0.137. The Morgan fingerprint density at radius 1 is 1.31 bits per heavy atom. The second-order valence-electron chi connectivity index (χ2n) is 5.67. The molecule has 3 nitrogen and oxygen atoms in total. The van der Waals surface area contributed by atoms with E-state index < -0.39 is 0 Å². The van der Waals surface area contributed by atoms with Gasteiger partial charge < -0.3 is 10.2 Å². The van der Waals surface area contributed by atoms with E-state index >= 15 is 0 Å². The van der Waals surface area contributed by atoms with E-state index in [-0.39, 0.29) is 5.92 Å². The predicted molar refractivity (Wildman–Crippen MR) is 65.1 cm³/mol. The third-order valence-corrected chi connectivity index (χ3v) is 4.15. The molecule has 2 fully saturated rings. The van der Waals surface area contributed by atoms with Crippen molar-refractivity contribution >= 4 is 5.91 Å². The smallest absolute Gasteiger partial charge is 0.227 e. The Labute approximate surface area is 98.6 Å². The molecule has 0 saturated carbocycles. The lowest BCUT2D eigenvalue weighted by atomic mass is 9.90. The van der Waals surface area contributed by atoms with Crippen molar-refractivity contribution in [1.82, 2.24) is 10.2 Å². The molecule has 1 amide bonds. The number of rotatable bonds is 1. The zero-order valence-corrected chi connectivity index (χ0v) is 10.7. The molecule has 92 valence electrons. The molecule has 0 aliphatic carbocycles. The molecular formula is C13H24N2O.